The standard InChI is InChI=1S/C19H30N2O2S2/c1-18(2,3)13-10-12(11-14(16(13)23)19(4,5)6)8-9-15(22)20-21-17(24)25-7/h10-11,23H,8-9H2,1-7H3,(H,20,22)(H,21,24). The molecule has 3 N–H and O–H groups in total. The van der Waals surface area contributed by atoms with Crippen molar-refractivity contribution in [2.45, 2.75) is 65.2 Å². The van der Waals surface area contributed by atoms with E-state index in [0.29, 0.717) is 22.9 Å². The van der Waals surface area contributed by atoms with Crippen LogP contribution in [0.5, 0.6) is 5.75 Å². The van der Waals surface area contributed by atoms with Crippen LogP contribution in [-0.2, 0) is 22.0 Å². The van der Waals surface area contributed by atoms with Gasteiger partial charge in [0.2, 0.25) is 5.91 Å². The Balaban J connectivity index is 3.00. The van der Waals surface area contributed by atoms with Gasteiger partial charge in [-0.3, -0.25) is 15.6 Å². The molecule has 140 valence electrons. The Labute approximate surface area is 161 Å². The van der Waals surface area contributed by atoms with Crippen LogP contribution in [0, 0.1) is 0 Å². The lowest BCUT2D eigenvalue weighted by molar-refractivity contribution is -0.121. The number of nitrogens with one attached hydrogen (secondary N) is 2. The topological polar surface area (TPSA) is 61.4 Å². The predicted octanol–water partition coefficient (Wildman–Crippen LogP) is 4.19. The van der Waals surface area contributed by atoms with Crippen LogP contribution in [0.4, 0.5) is 0 Å². The van der Waals surface area contributed by atoms with Crippen molar-refractivity contribution < 1.29 is 9.90 Å². The van der Waals surface area contributed by atoms with Crippen molar-refractivity contribution in [1.29, 1.82) is 0 Å². The zero-order valence-corrected chi connectivity index (χ0v) is 17.9. The van der Waals surface area contributed by atoms with E-state index in [1.54, 1.807) is 0 Å². The Bertz CT molecular complexity index is 609. The first-order valence-corrected chi connectivity index (χ1v) is 9.99. The number of aromatic hydroxyl groups is 1. The highest BCUT2D eigenvalue weighted by Gasteiger charge is 2.26. The van der Waals surface area contributed by atoms with Gasteiger partial charge < -0.3 is 5.11 Å². The second-order valence-corrected chi connectivity index (χ2v) is 9.69. The van der Waals surface area contributed by atoms with E-state index < -0.39 is 0 Å². The van der Waals surface area contributed by atoms with Crippen LogP contribution in [-0.4, -0.2) is 21.6 Å². The number of benzene rings is 1. The summed E-state index contributed by atoms with van der Waals surface area (Å²) >= 11 is 6.36. The van der Waals surface area contributed by atoms with Crippen LogP contribution < -0.4 is 10.9 Å². The molecule has 1 aromatic rings. The minimum absolute atomic E-state index is 0.112. The van der Waals surface area contributed by atoms with Gasteiger partial charge in [0.05, 0.1) is 0 Å². The minimum atomic E-state index is -0.172. The molecule has 0 fully saturated rings. The number of carbonyl (C=O) groups is 1. The Morgan fingerprint density at radius 2 is 1.56 bits per heavy atom. The van der Waals surface area contributed by atoms with Crippen LogP contribution in [0.2, 0.25) is 0 Å². The lowest BCUT2D eigenvalue weighted by atomic mass is 9.78. The van der Waals surface area contributed by atoms with Crippen molar-refractivity contribution in [3.8, 4) is 5.75 Å². The maximum absolute atomic E-state index is 12.0. The summed E-state index contributed by atoms with van der Waals surface area (Å²) in [6.45, 7) is 12.5. The zero-order chi connectivity index (χ0) is 19.4. The van der Waals surface area contributed by atoms with Crippen LogP contribution in [0.3, 0.4) is 0 Å². The smallest absolute Gasteiger partial charge is 0.238 e. The predicted molar refractivity (Wildman–Crippen MR) is 111 cm³/mol. The molecule has 1 rings (SSSR count). The SMILES string of the molecule is CSC(=S)NNC(=O)CCc1cc(C(C)(C)C)c(O)c(C(C)(C)C)c1. The van der Waals surface area contributed by atoms with Crippen LogP contribution >= 0.6 is 24.0 Å². The monoisotopic (exact) mass is 382 g/mol. The second-order valence-electron chi connectivity index (χ2n) is 8.20. The van der Waals surface area contributed by atoms with E-state index in [4.69, 9.17) is 12.2 Å². The summed E-state index contributed by atoms with van der Waals surface area (Å²) in [5.74, 6) is 0.249. The molecule has 0 spiro atoms. The minimum Gasteiger partial charge on any atom is -0.507 e. The van der Waals surface area contributed by atoms with Crippen molar-refractivity contribution in [2.24, 2.45) is 0 Å². The highest BCUT2D eigenvalue weighted by Crippen LogP contribution is 2.39. The van der Waals surface area contributed by atoms with Crippen molar-refractivity contribution >= 4 is 34.2 Å². The fourth-order valence-corrected chi connectivity index (χ4v) is 2.68. The summed E-state index contributed by atoms with van der Waals surface area (Å²) in [6.07, 6.45) is 2.80. The van der Waals surface area contributed by atoms with Crippen LogP contribution in [0.1, 0.15) is 64.7 Å². The summed E-state index contributed by atoms with van der Waals surface area (Å²) in [4.78, 5) is 12.0. The van der Waals surface area contributed by atoms with E-state index in [-0.39, 0.29) is 16.7 Å². The molecule has 1 aromatic carbocycles. The van der Waals surface area contributed by atoms with Crippen molar-refractivity contribution in [2.75, 3.05) is 6.26 Å². The average Bonchev–Trinajstić information content (AvgIpc) is 2.49. The fourth-order valence-electron chi connectivity index (χ4n) is 2.47. The average molecular weight is 383 g/mol. The van der Waals surface area contributed by atoms with Gasteiger partial charge in [0.25, 0.3) is 0 Å². The zero-order valence-electron chi connectivity index (χ0n) is 16.2. The van der Waals surface area contributed by atoms with Gasteiger partial charge in [-0.15, -0.1) is 0 Å². The maximum atomic E-state index is 12.0. The Morgan fingerprint density at radius 1 is 1.08 bits per heavy atom. The number of amides is 1. The number of thioether (sulfide) groups is 1. The molecule has 0 heterocycles. The fraction of sp³-hybridized carbons (Fsp3) is 0.579. The third-order valence-electron chi connectivity index (χ3n) is 3.92. The van der Waals surface area contributed by atoms with Gasteiger partial charge >= 0.3 is 0 Å². The van der Waals surface area contributed by atoms with E-state index in [1.807, 2.05) is 18.4 Å². The van der Waals surface area contributed by atoms with Crippen LogP contribution in [0.15, 0.2) is 12.1 Å². The van der Waals surface area contributed by atoms with Crippen molar-refractivity contribution in [3.05, 3.63) is 28.8 Å². The molecule has 0 aliphatic carbocycles. The third kappa shape index (κ3) is 6.51. The number of phenols is 1. The van der Waals surface area contributed by atoms with Crippen molar-refractivity contribution in [3.63, 3.8) is 0 Å². The lowest BCUT2D eigenvalue weighted by Gasteiger charge is -2.28. The normalized spacial score (nSPS) is 12.0. The summed E-state index contributed by atoms with van der Waals surface area (Å²) < 4.78 is 0.531. The number of hydrazine groups is 1. The summed E-state index contributed by atoms with van der Waals surface area (Å²) in [7, 11) is 0. The summed E-state index contributed by atoms with van der Waals surface area (Å²) in [6, 6.07) is 4.02. The molecule has 6 heteroatoms. The number of rotatable bonds is 3. The van der Waals surface area contributed by atoms with Crippen molar-refractivity contribution in [1.82, 2.24) is 10.9 Å². The number of thiocarbonyl (C=S) groups is 1. The van der Waals surface area contributed by atoms with E-state index in [9.17, 15) is 9.90 Å². The molecule has 0 aromatic heterocycles. The Kier molecular flexibility index (Phi) is 7.32. The number of phenolic OH excluding ortho intramolecular Hbond substituents is 1. The van der Waals surface area contributed by atoms with Gasteiger partial charge in [-0.2, -0.15) is 0 Å². The molecule has 1 amide bonds. The van der Waals surface area contributed by atoms with E-state index in [0.717, 1.165) is 16.7 Å². The molecule has 0 aliphatic rings. The Morgan fingerprint density at radius 3 is 1.96 bits per heavy atom. The second kappa shape index (κ2) is 8.41. The van der Waals surface area contributed by atoms with E-state index in [2.05, 4.69) is 52.4 Å². The van der Waals surface area contributed by atoms with E-state index >= 15 is 0 Å². The lowest BCUT2D eigenvalue weighted by Crippen LogP contribution is -2.39. The first kappa shape index (κ1) is 21.8. The molecule has 0 saturated heterocycles. The van der Waals surface area contributed by atoms with Gasteiger partial charge in [-0.25, -0.2) is 0 Å². The van der Waals surface area contributed by atoms with Gasteiger partial charge in [0, 0.05) is 6.42 Å². The molecule has 0 aliphatic heterocycles. The Hall–Kier alpha value is -1.27. The van der Waals surface area contributed by atoms with Gasteiger partial charge in [0.15, 0.2) is 4.32 Å². The first-order valence-electron chi connectivity index (χ1n) is 8.36. The highest BCUT2D eigenvalue weighted by molar-refractivity contribution is 8.22. The maximum Gasteiger partial charge on any atom is 0.238 e. The molecular weight excluding hydrogens is 352 g/mol. The van der Waals surface area contributed by atoms with Gasteiger partial charge in [-0.05, 0) is 40.2 Å². The quantitative estimate of drug-likeness (QED) is 0.540. The number of carbonyl (C=O) groups excluding carboxylic acids is 1. The molecule has 0 bridgehead atoms. The molecule has 4 nitrogen and oxygen atoms in total. The molecule has 0 saturated carbocycles. The van der Waals surface area contributed by atoms with E-state index in [1.165, 1.54) is 11.8 Å². The van der Waals surface area contributed by atoms with Gasteiger partial charge in [0.1, 0.15) is 5.75 Å². The number of aryl methyl sites for hydroxylation is 1. The summed E-state index contributed by atoms with van der Waals surface area (Å²) in [5, 5.41) is 10.7. The van der Waals surface area contributed by atoms with Gasteiger partial charge in [-0.1, -0.05) is 77.7 Å². The molecule has 0 atom stereocenters. The third-order valence-corrected chi connectivity index (χ3v) is 4.99. The molecule has 0 radical (unpaired) electrons. The summed E-state index contributed by atoms with van der Waals surface area (Å²) in [5.41, 5.74) is 7.84. The number of hydrogen-bond donors (Lipinski definition) is 3. The molecule has 0 unspecified atom stereocenters. The molecular formula is C19H30N2O2S2. The first-order chi connectivity index (χ1) is 11.4. The number of hydrogen-bond acceptors (Lipinski definition) is 4. The van der Waals surface area contributed by atoms with Crippen LogP contribution in [0.25, 0.3) is 0 Å². The highest BCUT2D eigenvalue weighted by atomic mass is 32.2. The molecule has 25 heavy (non-hydrogen) atoms. The largest absolute Gasteiger partial charge is 0.507 e.